The molecule has 0 N–H and O–H groups in total. The zero-order valence-corrected chi connectivity index (χ0v) is 31.4. The van der Waals surface area contributed by atoms with E-state index in [2.05, 4.69) is 224 Å². The molecule has 0 spiro atoms. The topological polar surface area (TPSA) is 30.9 Å². The normalized spacial score (nSPS) is 11.8. The molecule has 0 radical (unpaired) electrons. The van der Waals surface area contributed by atoms with Crippen molar-refractivity contribution in [2.75, 3.05) is 4.90 Å². The minimum atomic E-state index is 1.07. The maximum absolute atomic E-state index is 4.46. The fraction of sp³-hybridized carbons (Fsp3) is 0. The van der Waals surface area contributed by atoms with Gasteiger partial charge in [0.25, 0.3) is 0 Å². The lowest BCUT2D eigenvalue weighted by Gasteiger charge is -2.26. The molecule has 0 bridgehead atoms. The molecule has 4 aromatic heterocycles. The van der Waals surface area contributed by atoms with Crippen molar-refractivity contribution in [1.29, 1.82) is 0 Å². The molecule has 58 heavy (non-hydrogen) atoms. The first-order valence-electron chi connectivity index (χ1n) is 19.7. The molecule has 0 atom stereocenters. The minimum absolute atomic E-state index is 1.07. The van der Waals surface area contributed by atoms with Crippen LogP contribution in [-0.2, 0) is 0 Å². The van der Waals surface area contributed by atoms with Crippen LogP contribution < -0.4 is 4.90 Å². The lowest BCUT2D eigenvalue weighted by Crippen LogP contribution is -2.10. The maximum Gasteiger partial charge on any atom is 0.0571 e. The van der Waals surface area contributed by atoms with Gasteiger partial charge in [0.1, 0.15) is 0 Å². The monoisotopic (exact) mass is 741 g/mol. The predicted octanol–water partition coefficient (Wildman–Crippen LogP) is 13.8. The fourth-order valence-corrected chi connectivity index (χ4v) is 9.19. The van der Waals surface area contributed by atoms with Gasteiger partial charge in [-0.25, -0.2) is 0 Å². The van der Waals surface area contributed by atoms with E-state index in [0.717, 1.165) is 50.5 Å². The van der Waals surface area contributed by atoms with Crippen LogP contribution >= 0.6 is 0 Å². The van der Waals surface area contributed by atoms with E-state index < -0.39 is 0 Å². The summed E-state index contributed by atoms with van der Waals surface area (Å²) >= 11 is 0. The van der Waals surface area contributed by atoms with E-state index in [4.69, 9.17) is 0 Å². The number of fused-ring (bicyclic) bond motifs is 9. The van der Waals surface area contributed by atoms with Crippen molar-refractivity contribution in [3.05, 3.63) is 213 Å². The molecular formula is C53H35N5. The van der Waals surface area contributed by atoms with Gasteiger partial charge in [-0.3, -0.25) is 4.98 Å². The second-order valence-electron chi connectivity index (χ2n) is 14.9. The zero-order valence-electron chi connectivity index (χ0n) is 31.4. The lowest BCUT2D eigenvalue weighted by atomic mass is 10.1. The Labute approximate surface area is 334 Å². The number of pyridine rings is 1. The third-order valence-electron chi connectivity index (χ3n) is 11.7. The molecule has 4 heterocycles. The number of anilines is 3. The second-order valence-corrected chi connectivity index (χ2v) is 14.9. The molecule has 0 aliphatic carbocycles. The van der Waals surface area contributed by atoms with Crippen LogP contribution in [0.4, 0.5) is 17.1 Å². The number of nitrogens with zero attached hydrogens (tertiary/aromatic N) is 5. The molecule has 0 fully saturated rings. The van der Waals surface area contributed by atoms with Crippen LogP contribution in [0.2, 0.25) is 0 Å². The molecule has 5 nitrogen and oxygen atoms in total. The summed E-state index contributed by atoms with van der Waals surface area (Å²) in [7, 11) is 0. The molecule has 5 heteroatoms. The highest BCUT2D eigenvalue weighted by Crippen LogP contribution is 2.40. The van der Waals surface area contributed by atoms with E-state index in [1.807, 2.05) is 12.4 Å². The van der Waals surface area contributed by atoms with Crippen molar-refractivity contribution in [2.45, 2.75) is 0 Å². The van der Waals surface area contributed by atoms with Crippen molar-refractivity contribution >= 4 is 82.5 Å². The molecule has 0 unspecified atom stereocenters. The Morgan fingerprint density at radius 1 is 0.276 bits per heavy atom. The van der Waals surface area contributed by atoms with E-state index in [1.54, 1.807) is 0 Å². The van der Waals surface area contributed by atoms with Gasteiger partial charge in [0.2, 0.25) is 0 Å². The molecular weight excluding hydrogens is 707 g/mol. The van der Waals surface area contributed by atoms with Crippen LogP contribution in [0.15, 0.2) is 213 Å². The Hall–Kier alpha value is -7.89. The van der Waals surface area contributed by atoms with Crippen LogP contribution in [-0.4, -0.2) is 18.7 Å². The first-order valence-corrected chi connectivity index (χ1v) is 19.7. The van der Waals surface area contributed by atoms with Gasteiger partial charge < -0.3 is 18.6 Å². The number of para-hydroxylation sites is 5. The summed E-state index contributed by atoms with van der Waals surface area (Å²) in [5.41, 5.74) is 13.7. The quantitative estimate of drug-likeness (QED) is 0.170. The highest BCUT2D eigenvalue weighted by Gasteiger charge is 2.18. The van der Waals surface area contributed by atoms with Crippen LogP contribution in [0, 0.1) is 0 Å². The summed E-state index contributed by atoms with van der Waals surface area (Å²) in [5.74, 6) is 0. The number of rotatable bonds is 6. The summed E-state index contributed by atoms with van der Waals surface area (Å²) < 4.78 is 7.08. The van der Waals surface area contributed by atoms with Crippen molar-refractivity contribution in [1.82, 2.24) is 18.7 Å². The summed E-state index contributed by atoms with van der Waals surface area (Å²) in [6.45, 7) is 0. The number of hydrogen-bond acceptors (Lipinski definition) is 2. The Morgan fingerprint density at radius 2 is 0.552 bits per heavy atom. The third kappa shape index (κ3) is 4.87. The highest BCUT2D eigenvalue weighted by atomic mass is 15.1. The molecule has 8 aromatic carbocycles. The van der Waals surface area contributed by atoms with E-state index in [9.17, 15) is 0 Å². The van der Waals surface area contributed by atoms with Crippen LogP contribution in [0.5, 0.6) is 0 Å². The molecule has 12 aromatic rings. The predicted molar refractivity (Wildman–Crippen MR) is 242 cm³/mol. The molecule has 12 rings (SSSR count). The van der Waals surface area contributed by atoms with E-state index in [0.29, 0.717) is 0 Å². The second kappa shape index (κ2) is 12.8. The average molecular weight is 742 g/mol. The van der Waals surface area contributed by atoms with Gasteiger partial charge in [-0.05, 0) is 109 Å². The van der Waals surface area contributed by atoms with Gasteiger partial charge in [0, 0.05) is 78.8 Å². The summed E-state index contributed by atoms with van der Waals surface area (Å²) in [6, 6.07) is 72.2. The van der Waals surface area contributed by atoms with Crippen molar-refractivity contribution < 1.29 is 0 Å². The minimum Gasteiger partial charge on any atom is -0.310 e. The maximum atomic E-state index is 4.46. The summed E-state index contributed by atoms with van der Waals surface area (Å²) in [6.07, 6.45) is 3.84. The Kier molecular flexibility index (Phi) is 7.16. The molecule has 0 amide bonds. The zero-order chi connectivity index (χ0) is 38.2. The smallest absolute Gasteiger partial charge is 0.0571 e. The first-order chi connectivity index (χ1) is 28.8. The number of benzene rings is 8. The molecule has 0 aliphatic rings. The van der Waals surface area contributed by atoms with Gasteiger partial charge in [-0.1, -0.05) is 91.0 Å². The van der Waals surface area contributed by atoms with Crippen molar-refractivity contribution in [2.24, 2.45) is 0 Å². The van der Waals surface area contributed by atoms with Crippen LogP contribution in [0.3, 0.4) is 0 Å². The SMILES string of the molecule is c1ccc2c(c1)c1ccccc1n2-c1ccc(N(c2ccc(-n3c4ccccc4c4ccccc43)cc2)c2ccc(-n3c4ccccc4c4cnccc43)cc2)cc1. The molecule has 0 saturated heterocycles. The standard InChI is InChI=1S/C53H35N5/c1-6-16-48-42(11-1)43-12-2-7-17-49(43)56(48)39-27-21-36(22-28-39)55(37-23-29-40(30-24-37)57-50-18-8-3-13-44(50)45-14-4-9-19-51(45)57)38-25-31-41(32-26-38)58-52-20-10-5-15-46(52)47-35-54-34-33-53(47)58/h1-35H. The lowest BCUT2D eigenvalue weighted by molar-refractivity contribution is 1.16. The van der Waals surface area contributed by atoms with Crippen LogP contribution in [0.1, 0.15) is 0 Å². The van der Waals surface area contributed by atoms with Crippen LogP contribution in [0.25, 0.3) is 82.5 Å². The van der Waals surface area contributed by atoms with Gasteiger partial charge in [0.05, 0.1) is 33.1 Å². The number of hydrogen-bond donors (Lipinski definition) is 0. The molecule has 0 aliphatic heterocycles. The van der Waals surface area contributed by atoms with E-state index in [1.165, 1.54) is 49.0 Å². The summed E-state index contributed by atoms with van der Waals surface area (Å²) in [5, 5.41) is 7.37. The van der Waals surface area contributed by atoms with Gasteiger partial charge in [0.15, 0.2) is 0 Å². The van der Waals surface area contributed by atoms with E-state index in [-0.39, 0.29) is 0 Å². The first kappa shape index (κ1) is 32.4. The molecule has 0 saturated carbocycles. The highest BCUT2D eigenvalue weighted by molar-refractivity contribution is 6.11. The Morgan fingerprint density at radius 3 is 0.879 bits per heavy atom. The van der Waals surface area contributed by atoms with Crippen molar-refractivity contribution in [3.63, 3.8) is 0 Å². The van der Waals surface area contributed by atoms with Gasteiger partial charge in [-0.2, -0.15) is 0 Å². The van der Waals surface area contributed by atoms with Crippen molar-refractivity contribution in [3.8, 4) is 17.1 Å². The summed E-state index contributed by atoms with van der Waals surface area (Å²) in [4.78, 5) is 6.81. The third-order valence-corrected chi connectivity index (χ3v) is 11.7. The van der Waals surface area contributed by atoms with E-state index >= 15 is 0 Å². The molecule has 272 valence electrons. The fourth-order valence-electron chi connectivity index (χ4n) is 9.19. The largest absolute Gasteiger partial charge is 0.310 e. The van der Waals surface area contributed by atoms with Gasteiger partial charge in [-0.15, -0.1) is 0 Å². The average Bonchev–Trinajstić information content (AvgIpc) is 3.93. The Bertz CT molecular complexity index is 2960. The number of aromatic nitrogens is 4. The Balaban J connectivity index is 0.996. The van der Waals surface area contributed by atoms with Gasteiger partial charge >= 0.3 is 0 Å².